The van der Waals surface area contributed by atoms with Crippen LogP contribution in [0.3, 0.4) is 0 Å². The number of hydrogen-bond donors (Lipinski definition) is 0. The minimum absolute atomic E-state index is 0.0341. The number of carbonyl (C=O) groups is 1. The molecule has 3 aromatic rings. The third-order valence-corrected chi connectivity index (χ3v) is 6.96. The molecule has 6 heteroatoms. The summed E-state index contributed by atoms with van der Waals surface area (Å²) in [5.74, 6) is 1.46. The maximum absolute atomic E-state index is 13.3. The Labute approximate surface area is 206 Å². The molecule has 0 aromatic heterocycles. The summed E-state index contributed by atoms with van der Waals surface area (Å²) in [5.41, 5.74) is 6.28. The third-order valence-electron chi connectivity index (χ3n) is 6.53. The maximum Gasteiger partial charge on any atom is 0.253 e. The molecule has 1 aliphatic rings. The number of aryl methyl sites for hydroxylation is 2. The molecule has 0 spiro atoms. The smallest absolute Gasteiger partial charge is 0.253 e. The van der Waals surface area contributed by atoms with Gasteiger partial charge in [0.2, 0.25) is 0 Å². The quantitative estimate of drug-likeness (QED) is 0.448. The summed E-state index contributed by atoms with van der Waals surface area (Å²) in [6.07, 6.45) is 0. The molecular weight excluding hydrogens is 448 g/mol. The van der Waals surface area contributed by atoms with Crippen molar-refractivity contribution in [3.05, 3.63) is 87.4 Å². The first-order valence-corrected chi connectivity index (χ1v) is 11.9. The molecule has 0 N–H and O–H groups in total. The number of ether oxygens (including phenoxy) is 2. The second-order valence-electron chi connectivity index (χ2n) is 8.72. The second-order valence-corrected chi connectivity index (χ2v) is 9.13. The van der Waals surface area contributed by atoms with E-state index in [0.717, 1.165) is 30.0 Å². The molecule has 4 rings (SSSR count). The van der Waals surface area contributed by atoms with Gasteiger partial charge < -0.3 is 19.3 Å². The zero-order valence-corrected chi connectivity index (χ0v) is 21.0. The van der Waals surface area contributed by atoms with Crippen LogP contribution in [-0.4, -0.2) is 44.1 Å². The van der Waals surface area contributed by atoms with Crippen LogP contribution in [0.1, 0.15) is 32.6 Å². The van der Waals surface area contributed by atoms with E-state index in [1.807, 2.05) is 48.2 Å². The van der Waals surface area contributed by atoms with Crippen molar-refractivity contribution < 1.29 is 14.3 Å². The number of amides is 1. The Bertz CT molecular complexity index is 1190. The van der Waals surface area contributed by atoms with Gasteiger partial charge in [0.15, 0.2) is 0 Å². The monoisotopic (exact) mass is 478 g/mol. The van der Waals surface area contributed by atoms with E-state index < -0.39 is 0 Å². The SMILES string of the molecule is COc1ccc(C(=O)N2CCN(c3cccc(C)c3C)CC2)cc1COc1ccc(Cl)c(C)c1. The topological polar surface area (TPSA) is 42.0 Å². The van der Waals surface area contributed by atoms with E-state index in [-0.39, 0.29) is 5.91 Å². The predicted molar refractivity (Wildman–Crippen MR) is 138 cm³/mol. The minimum Gasteiger partial charge on any atom is -0.496 e. The van der Waals surface area contributed by atoms with Gasteiger partial charge in [0.05, 0.1) is 7.11 Å². The average Bonchev–Trinajstić information content (AvgIpc) is 2.86. The Morgan fingerprint density at radius 2 is 1.71 bits per heavy atom. The van der Waals surface area contributed by atoms with Crippen LogP contribution in [0.15, 0.2) is 54.6 Å². The highest BCUT2D eigenvalue weighted by Gasteiger charge is 2.24. The number of hydrogen-bond acceptors (Lipinski definition) is 4. The van der Waals surface area contributed by atoms with Crippen LogP contribution in [0.4, 0.5) is 5.69 Å². The molecule has 1 heterocycles. The van der Waals surface area contributed by atoms with E-state index in [2.05, 4.69) is 36.9 Å². The van der Waals surface area contributed by atoms with Crippen LogP contribution in [0.25, 0.3) is 0 Å². The molecule has 1 amide bonds. The lowest BCUT2D eigenvalue weighted by Crippen LogP contribution is -2.49. The third kappa shape index (κ3) is 5.15. The molecule has 1 aliphatic heterocycles. The number of anilines is 1. The molecule has 178 valence electrons. The Kier molecular flexibility index (Phi) is 7.32. The summed E-state index contributed by atoms with van der Waals surface area (Å²) in [6.45, 7) is 9.55. The number of carbonyl (C=O) groups excluding carboxylic acids is 1. The number of rotatable bonds is 6. The Morgan fingerprint density at radius 3 is 2.41 bits per heavy atom. The molecule has 0 bridgehead atoms. The van der Waals surface area contributed by atoms with Crippen LogP contribution in [0.2, 0.25) is 5.02 Å². The van der Waals surface area contributed by atoms with Gasteiger partial charge in [-0.05, 0) is 79.9 Å². The van der Waals surface area contributed by atoms with Crippen LogP contribution >= 0.6 is 11.6 Å². The van der Waals surface area contributed by atoms with Gasteiger partial charge in [0, 0.05) is 48.0 Å². The van der Waals surface area contributed by atoms with E-state index in [4.69, 9.17) is 21.1 Å². The van der Waals surface area contributed by atoms with Gasteiger partial charge in [-0.1, -0.05) is 23.7 Å². The van der Waals surface area contributed by atoms with Crippen molar-refractivity contribution in [3.8, 4) is 11.5 Å². The van der Waals surface area contributed by atoms with E-state index >= 15 is 0 Å². The van der Waals surface area contributed by atoms with Crippen LogP contribution in [0.5, 0.6) is 11.5 Å². The zero-order valence-electron chi connectivity index (χ0n) is 20.2. The van der Waals surface area contributed by atoms with Gasteiger partial charge in [0.1, 0.15) is 18.1 Å². The van der Waals surface area contributed by atoms with Crippen molar-refractivity contribution in [2.75, 3.05) is 38.2 Å². The number of piperazine rings is 1. The maximum atomic E-state index is 13.3. The fourth-order valence-electron chi connectivity index (χ4n) is 4.30. The fourth-order valence-corrected chi connectivity index (χ4v) is 4.42. The highest BCUT2D eigenvalue weighted by atomic mass is 35.5. The predicted octanol–water partition coefficient (Wildman–Crippen LogP) is 5.82. The summed E-state index contributed by atoms with van der Waals surface area (Å²) in [6, 6.07) is 17.5. The Morgan fingerprint density at radius 1 is 0.941 bits per heavy atom. The summed E-state index contributed by atoms with van der Waals surface area (Å²) >= 11 is 6.11. The van der Waals surface area contributed by atoms with Crippen LogP contribution in [0, 0.1) is 20.8 Å². The lowest BCUT2D eigenvalue weighted by atomic mass is 10.1. The number of benzene rings is 3. The second kappa shape index (κ2) is 10.4. The summed E-state index contributed by atoms with van der Waals surface area (Å²) in [7, 11) is 1.62. The van der Waals surface area contributed by atoms with Gasteiger partial charge in [-0.15, -0.1) is 0 Å². The van der Waals surface area contributed by atoms with Gasteiger partial charge >= 0.3 is 0 Å². The average molecular weight is 479 g/mol. The Hall–Kier alpha value is -3.18. The molecule has 0 aliphatic carbocycles. The van der Waals surface area contributed by atoms with Gasteiger partial charge in [0.25, 0.3) is 5.91 Å². The summed E-state index contributed by atoms with van der Waals surface area (Å²) in [5, 5.41) is 0.704. The first-order chi connectivity index (χ1) is 16.4. The summed E-state index contributed by atoms with van der Waals surface area (Å²) in [4.78, 5) is 17.6. The minimum atomic E-state index is 0.0341. The first kappa shape index (κ1) is 24.0. The van der Waals surface area contributed by atoms with Crippen LogP contribution < -0.4 is 14.4 Å². The van der Waals surface area contributed by atoms with E-state index in [1.165, 1.54) is 16.8 Å². The lowest BCUT2D eigenvalue weighted by Gasteiger charge is -2.37. The van der Waals surface area contributed by atoms with E-state index in [0.29, 0.717) is 36.0 Å². The standard InChI is InChI=1S/C28H31ClN2O3/c1-19-6-5-7-26(21(19)3)30-12-14-31(15-13-30)28(32)22-8-11-27(33-4)23(17-22)18-34-24-9-10-25(29)20(2)16-24/h5-11,16-17H,12-15,18H2,1-4H3. The Balaban J connectivity index is 1.44. The van der Waals surface area contributed by atoms with Crippen LogP contribution in [-0.2, 0) is 6.61 Å². The molecule has 0 saturated carbocycles. The number of nitrogens with zero attached hydrogens (tertiary/aromatic N) is 2. The molecule has 0 radical (unpaired) electrons. The molecule has 0 atom stereocenters. The number of methoxy groups -OCH3 is 1. The molecule has 3 aromatic carbocycles. The van der Waals surface area contributed by atoms with Crippen molar-refractivity contribution in [2.45, 2.75) is 27.4 Å². The van der Waals surface area contributed by atoms with Gasteiger partial charge in [-0.2, -0.15) is 0 Å². The largest absolute Gasteiger partial charge is 0.496 e. The van der Waals surface area contributed by atoms with Crippen molar-refractivity contribution in [2.24, 2.45) is 0 Å². The highest BCUT2D eigenvalue weighted by molar-refractivity contribution is 6.31. The van der Waals surface area contributed by atoms with E-state index in [1.54, 1.807) is 7.11 Å². The molecule has 0 unspecified atom stereocenters. The summed E-state index contributed by atoms with van der Waals surface area (Å²) < 4.78 is 11.5. The van der Waals surface area contributed by atoms with Gasteiger partial charge in [-0.25, -0.2) is 0 Å². The molecule has 5 nitrogen and oxygen atoms in total. The van der Waals surface area contributed by atoms with Crippen molar-refractivity contribution >= 4 is 23.2 Å². The van der Waals surface area contributed by atoms with Crippen molar-refractivity contribution in [1.29, 1.82) is 0 Å². The fraction of sp³-hybridized carbons (Fsp3) is 0.321. The molecule has 34 heavy (non-hydrogen) atoms. The van der Waals surface area contributed by atoms with Gasteiger partial charge in [-0.3, -0.25) is 4.79 Å². The molecular formula is C28H31ClN2O3. The normalized spacial score (nSPS) is 13.7. The highest BCUT2D eigenvalue weighted by Crippen LogP contribution is 2.27. The zero-order chi connectivity index (χ0) is 24.2. The van der Waals surface area contributed by atoms with Crippen molar-refractivity contribution in [3.63, 3.8) is 0 Å². The lowest BCUT2D eigenvalue weighted by molar-refractivity contribution is 0.0746. The van der Waals surface area contributed by atoms with Crippen molar-refractivity contribution in [1.82, 2.24) is 4.90 Å². The number of halogens is 1. The molecule has 1 fully saturated rings. The van der Waals surface area contributed by atoms with E-state index in [9.17, 15) is 4.79 Å². The molecule has 1 saturated heterocycles. The first-order valence-electron chi connectivity index (χ1n) is 11.5.